The first-order chi connectivity index (χ1) is 9.02. The molecule has 1 aliphatic rings. The Morgan fingerprint density at radius 2 is 1.95 bits per heavy atom. The van der Waals surface area contributed by atoms with Gasteiger partial charge >= 0.3 is 0 Å². The third-order valence-electron chi connectivity index (χ3n) is 4.26. The molecule has 1 aliphatic carbocycles. The van der Waals surface area contributed by atoms with Crippen molar-refractivity contribution in [3.05, 3.63) is 24.5 Å². The first-order valence-electron chi connectivity index (χ1n) is 7.12. The molecule has 1 heterocycles. The summed E-state index contributed by atoms with van der Waals surface area (Å²) >= 11 is 0. The van der Waals surface area contributed by atoms with E-state index in [0.29, 0.717) is 13.0 Å². The highest BCUT2D eigenvalue weighted by Crippen LogP contribution is 2.32. The number of hydrogen-bond acceptors (Lipinski definition) is 2. The molecule has 4 nitrogen and oxygen atoms in total. The van der Waals surface area contributed by atoms with Crippen molar-refractivity contribution in [3.63, 3.8) is 0 Å². The second-order valence-corrected chi connectivity index (χ2v) is 5.75. The van der Waals surface area contributed by atoms with E-state index in [4.69, 9.17) is 0 Å². The Hall–Kier alpha value is -1.29. The van der Waals surface area contributed by atoms with E-state index in [2.05, 4.69) is 0 Å². The van der Waals surface area contributed by atoms with Gasteiger partial charge < -0.3 is 14.6 Å². The van der Waals surface area contributed by atoms with Gasteiger partial charge in [0.1, 0.15) is 6.04 Å². The van der Waals surface area contributed by atoms with Crippen LogP contribution in [0.1, 0.15) is 45.1 Å². The zero-order valence-corrected chi connectivity index (χ0v) is 11.9. The molecule has 106 valence electrons. The van der Waals surface area contributed by atoms with E-state index in [1.54, 1.807) is 4.90 Å². The smallest absolute Gasteiger partial charge is 0.245 e. The van der Waals surface area contributed by atoms with Gasteiger partial charge in [0, 0.05) is 26.0 Å². The van der Waals surface area contributed by atoms with Gasteiger partial charge in [-0.1, -0.05) is 12.8 Å². The maximum Gasteiger partial charge on any atom is 0.245 e. The van der Waals surface area contributed by atoms with Gasteiger partial charge in [0.25, 0.3) is 0 Å². The Bertz CT molecular complexity index is 408. The molecule has 1 amide bonds. The number of nitrogens with zero attached hydrogens (tertiary/aromatic N) is 2. The third kappa shape index (κ3) is 3.38. The van der Waals surface area contributed by atoms with Crippen molar-refractivity contribution in [2.24, 2.45) is 0 Å². The molecule has 0 aromatic carbocycles. The van der Waals surface area contributed by atoms with Crippen LogP contribution in [-0.4, -0.2) is 39.7 Å². The molecular weight excluding hydrogens is 240 g/mol. The Kier molecular flexibility index (Phi) is 4.30. The van der Waals surface area contributed by atoms with E-state index in [1.165, 1.54) is 0 Å². The van der Waals surface area contributed by atoms with Crippen LogP contribution in [0.5, 0.6) is 0 Å². The first-order valence-corrected chi connectivity index (χ1v) is 7.12. The second-order valence-electron chi connectivity index (χ2n) is 5.75. The number of rotatable bonds is 5. The van der Waals surface area contributed by atoms with Gasteiger partial charge in [0.05, 0.1) is 5.60 Å². The van der Waals surface area contributed by atoms with Gasteiger partial charge in [-0.3, -0.25) is 4.79 Å². The summed E-state index contributed by atoms with van der Waals surface area (Å²) < 4.78 is 1.91. The standard InChI is InChI=1S/C15H24N2O2/c1-13(17-10-5-6-11-17)14(18)16(2)12-9-15(19)7-3-4-8-15/h5-6,10-11,13,19H,3-4,7-9,12H2,1-2H3/t13-/m0/s1. The summed E-state index contributed by atoms with van der Waals surface area (Å²) in [5, 5.41) is 10.3. The van der Waals surface area contributed by atoms with Gasteiger partial charge in [-0.25, -0.2) is 0 Å². The zero-order valence-electron chi connectivity index (χ0n) is 11.9. The number of aromatic nitrogens is 1. The molecule has 0 saturated heterocycles. The number of carbonyl (C=O) groups is 1. The summed E-state index contributed by atoms with van der Waals surface area (Å²) in [5.41, 5.74) is -0.536. The highest BCUT2D eigenvalue weighted by atomic mass is 16.3. The van der Waals surface area contributed by atoms with Gasteiger partial charge in [0.2, 0.25) is 5.91 Å². The average molecular weight is 264 g/mol. The largest absolute Gasteiger partial charge is 0.390 e. The molecule has 1 aromatic heterocycles. The minimum Gasteiger partial charge on any atom is -0.390 e. The normalized spacial score (nSPS) is 19.3. The maximum absolute atomic E-state index is 12.3. The number of likely N-dealkylation sites (N-methyl/N-ethyl adjacent to an activating group) is 1. The predicted molar refractivity (Wildman–Crippen MR) is 74.8 cm³/mol. The van der Waals surface area contributed by atoms with E-state index in [9.17, 15) is 9.90 Å². The Balaban J connectivity index is 1.85. The molecular formula is C15H24N2O2. The monoisotopic (exact) mass is 264 g/mol. The summed E-state index contributed by atoms with van der Waals surface area (Å²) in [6.45, 7) is 2.53. The third-order valence-corrected chi connectivity index (χ3v) is 4.26. The number of amides is 1. The molecule has 0 aliphatic heterocycles. The van der Waals surface area contributed by atoms with E-state index in [-0.39, 0.29) is 11.9 Å². The lowest BCUT2D eigenvalue weighted by Gasteiger charge is -2.27. The minimum atomic E-state index is -0.536. The van der Waals surface area contributed by atoms with Crippen LogP contribution in [0, 0.1) is 0 Å². The quantitative estimate of drug-likeness (QED) is 0.886. The highest BCUT2D eigenvalue weighted by molar-refractivity contribution is 5.79. The molecule has 1 atom stereocenters. The zero-order chi connectivity index (χ0) is 13.9. The van der Waals surface area contributed by atoms with Gasteiger partial charge in [-0.2, -0.15) is 0 Å². The van der Waals surface area contributed by atoms with Crippen LogP contribution < -0.4 is 0 Å². The molecule has 1 aromatic rings. The molecule has 0 radical (unpaired) electrons. The fourth-order valence-electron chi connectivity index (χ4n) is 2.82. The van der Waals surface area contributed by atoms with Crippen LogP contribution in [0.25, 0.3) is 0 Å². The van der Waals surface area contributed by atoms with E-state index in [1.807, 2.05) is 43.1 Å². The second kappa shape index (κ2) is 5.78. The molecule has 0 unspecified atom stereocenters. The first kappa shape index (κ1) is 14.1. The van der Waals surface area contributed by atoms with Crippen molar-refractivity contribution in [2.45, 2.75) is 50.7 Å². The van der Waals surface area contributed by atoms with Gasteiger partial charge in [-0.05, 0) is 38.3 Å². The molecule has 0 spiro atoms. The van der Waals surface area contributed by atoms with Crippen LogP contribution >= 0.6 is 0 Å². The molecule has 0 bridgehead atoms. The molecule has 1 saturated carbocycles. The Morgan fingerprint density at radius 3 is 2.53 bits per heavy atom. The molecule has 1 fully saturated rings. The summed E-state index contributed by atoms with van der Waals surface area (Å²) in [4.78, 5) is 14.0. The van der Waals surface area contributed by atoms with Crippen molar-refractivity contribution in [2.75, 3.05) is 13.6 Å². The number of carbonyl (C=O) groups excluding carboxylic acids is 1. The lowest BCUT2D eigenvalue weighted by Crippen LogP contribution is -2.37. The lowest BCUT2D eigenvalue weighted by atomic mass is 9.98. The molecule has 2 rings (SSSR count). The SMILES string of the molecule is C[C@@H](C(=O)N(C)CCC1(O)CCCC1)n1cccc1. The van der Waals surface area contributed by atoms with Gasteiger partial charge in [0.15, 0.2) is 0 Å². The Morgan fingerprint density at radius 1 is 1.37 bits per heavy atom. The van der Waals surface area contributed by atoms with Crippen molar-refractivity contribution in [1.82, 2.24) is 9.47 Å². The van der Waals surface area contributed by atoms with Gasteiger partial charge in [-0.15, -0.1) is 0 Å². The summed E-state index contributed by atoms with van der Waals surface area (Å²) in [5.74, 6) is 0.0952. The van der Waals surface area contributed by atoms with Crippen LogP contribution in [-0.2, 0) is 4.79 Å². The fraction of sp³-hybridized carbons (Fsp3) is 0.667. The van der Waals surface area contributed by atoms with E-state index in [0.717, 1.165) is 25.7 Å². The predicted octanol–water partition coefficient (Wildman–Crippen LogP) is 2.20. The number of hydrogen-bond donors (Lipinski definition) is 1. The highest BCUT2D eigenvalue weighted by Gasteiger charge is 2.31. The van der Waals surface area contributed by atoms with Crippen LogP contribution in [0.15, 0.2) is 24.5 Å². The van der Waals surface area contributed by atoms with Crippen molar-refractivity contribution in [3.8, 4) is 0 Å². The van der Waals surface area contributed by atoms with Crippen molar-refractivity contribution >= 4 is 5.91 Å². The summed E-state index contributed by atoms with van der Waals surface area (Å²) in [6, 6.07) is 3.66. The van der Waals surface area contributed by atoms with Crippen LogP contribution in [0.2, 0.25) is 0 Å². The topological polar surface area (TPSA) is 45.5 Å². The molecule has 1 N–H and O–H groups in total. The van der Waals surface area contributed by atoms with Crippen molar-refractivity contribution < 1.29 is 9.90 Å². The lowest BCUT2D eigenvalue weighted by molar-refractivity contribution is -0.133. The number of aliphatic hydroxyl groups is 1. The Labute approximate surface area is 115 Å². The van der Waals surface area contributed by atoms with Crippen LogP contribution in [0.4, 0.5) is 0 Å². The average Bonchev–Trinajstić information content (AvgIpc) is 3.06. The van der Waals surface area contributed by atoms with Crippen molar-refractivity contribution in [1.29, 1.82) is 0 Å². The molecule has 19 heavy (non-hydrogen) atoms. The summed E-state index contributed by atoms with van der Waals surface area (Å²) in [7, 11) is 1.82. The maximum atomic E-state index is 12.3. The molecule has 4 heteroatoms. The fourth-order valence-corrected chi connectivity index (χ4v) is 2.82. The van der Waals surface area contributed by atoms with Crippen LogP contribution in [0.3, 0.4) is 0 Å². The van der Waals surface area contributed by atoms with E-state index < -0.39 is 5.60 Å². The minimum absolute atomic E-state index is 0.0952. The van der Waals surface area contributed by atoms with E-state index >= 15 is 0 Å². The summed E-state index contributed by atoms with van der Waals surface area (Å²) in [6.07, 6.45) is 8.46.